The minimum absolute atomic E-state index is 0.206. The molecule has 0 spiro atoms. The second kappa shape index (κ2) is 7.96. The Bertz CT molecular complexity index is 525. The Kier molecular flexibility index (Phi) is 6.25. The van der Waals surface area contributed by atoms with Crippen LogP contribution in [0, 0.1) is 5.92 Å². The molecule has 0 radical (unpaired) electrons. The molecule has 1 N–H and O–H groups in total. The van der Waals surface area contributed by atoms with Gasteiger partial charge in [-0.3, -0.25) is 4.79 Å². The van der Waals surface area contributed by atoms with Gasteiger partial charge in [0.15, 0.2) is 0 Å². The number of nitrogens with one attached hydrogen (secondary N) is 1. The van der Waals surface area contributed by atoms with Gasteiger partial charge in [-0.2, -0.15) is 0 Å². The lowest BCUT2D eigenvalue weighted by Crippen LogP contribution is -2.33. The molecule has 3 nitrogen and oxygen atoms in total. The number of aromatic nitrogens is 1. The van der Waals surface area contributed by atoms with E-state index in [9.17, 15) is 4.79 Å². The molecule has 124 valence electrons. The smallest absolute Gasteiger partial charge is 0.255 e. The summed E-state index contributed by atoms with van der Waals surface area (Å²) < 4.78 is 2.01. The first-order chi connectivity index (χ1) is 10.5. The lowest BCUT2D eigenvalue weighted by Gasteiger charge is -2.19. The van der Waals surface area contributed by atoms with Crippen LogP contribution in [0.3, 0.4) is 0 Å². The molecule has 0 aromatic carbocycles. The number of hydrogen-bond acceptors (Lipinski definition) is 2. The summed E-state index contributed by atoms with van der Waals surface area (Å²) in [5.41, 5.74) is 2.28. The van der Waals surface area contributed by atoms with Gasteiger partial charge in [-0.1, -0.05) is 46.6 Å². The molecule has 0 bridgehead atoms. The van der Waals surface area contributed by atoms with E-state index in [-0.39, 0.29) is 5.56 Å². The van der Waals surface area contributed by atoms with E-state index in [0.29, 0.717) is 24.4 Å². The molecule has 2 rings (SSSR count). The van der Waals surface area contributed by atoms with Crippen molar-refractivity contribution in [2.45, 2.75) is 84.8 Å². The van der Waals surface area contributed by atoms with E-state index in [1.54, 1.807) is 0 Å². The minimum Gasteiger partial charge on any atom is -0.312 e. The molecule has 1 aliphatic carbocycles. The molecule has 3 heteroatoms. The third kappa shape index (κ3) is 4.45. The van der Waals surface area contributed by atoms with Crippen molar-refractivity contribution < 1.29 is 0 Å². The highest BCUT2D eigenvalue weighted by Gasteiger charge is 2.16. The van der Waals surface area contributed by atoms with E-state index < -0.39 is 0 Å². The first-order valence-corrected chi connectivity index (χ1v) is 8.95. The van der Waals surface area contributed by atoms with Crippen molar-refractivity contribution in [1.82, 2.24) is 9.88 Å². The Morgan fingerprint density at radius 3 is 2.45 bits per heavy atom. The summed E-state index contributed by atoms with van der Waals surface area (Å²) in [7, 11) is 0. The van der Waals surface area contributed by atoms with Gasteiger partial charge < -0.3 is 9.88 Å². The van der Waals surface area contributed by atoms with Gasteiger partial charge >= 0.3 is 0 Å². The van der Waals surface area contributed by atoms with Crippen molar-refractivity contribution in [3.8, 4) is 0 Å². The summed E-state index contributed by atoms with van der Waals surface area (Å²) >= 11 is 0. The van der Waals surface area contributed by atoms with Crippen molar-refractivity contribution >= 4 is 0 Å². The predicted molar refractivity (Wildman–Crippen MR) is 93.3 cm³/mol. The summed E-state index contributed by atoms with van der Waals surface area (Å²) in [4.78, 5) is 12.8. The highest BCUT2D eigenvalue weighted by molar-refractivity contribution is 5.18. The van der Waals surface area contributed by atoms with Crippen molar-refractivity contribution in [3.05, 3.63) is 33.7 Å². The molecule has 0 aliphatic heterocycles. The third-order valence-corrected chi connectivity index (χ3v) is 4.74. The fourth-order valence-electron chi connectivity index (χ4n) is 3.28. The van der Waals surface area contributed by atoms with Crippen LogP contribution in [0.25, 0.3) is 0 Å². The molecule has 1 heterocycles. The highest BCUT2D eigenvalue weighted by atomic mass is 16.1. The molecule has 0 unspecified atom stereocenters. The molecular formula is C19H32N2O. The van der Waals surface area contributed by atoms with Crippen LogP contribution in [-0.4, -0.2) is 10.6 Å². The third-order valence-electron chi connectivity index (χ3n) is 4.74. The van der Waals surface area contributed by atoms with Gasteiger partial charge in [-0.25, -0.2) is 0 Å². The summed E-state index contributed by atoms with van der Waals surface area (Å²) in [6, 6.07) is 4.79. The fraction of sp³-hybridized carbons (Fsp3) is 0.737. The highest BCUT2D eigenvalue weighted by Crippen LogP contribution is 2.18. The van der Waals surface area contributed by atoms with Crippen molar-refractivity contribution in [2.75, 3.05) is 0 Å². The van der Waals surface area contributed by atoms with Crippen LogP contribution < -0.4 is 10.9 Å². The van der Waals surface area contributed by atoms with E-state index in [2.05, 4.69) is 39.1 Å². The first-order valence-electron chi connectivity index (χ1n) is 8.95. The van der Waals surface area contributed by atoms with Gasteiger partial charge in [-0.05, 0) is 37.2 Å². The van der Waals surface area contributed by atoms with Crippen LogP contribution in [0.5, 0.6) is 0 Å². The van der Waals surface area contributed by atoms with Gasteiger partial charge in [0.2, 0.25) is 0 Å². The zero-order valence-electron chi connectivity index (χ0n) is 14.7. The second-order valence-corrected chi connectivity index (χ2v) is 7.44. The maximum Gasteiger partial charge on any atom is 0.255 e. The van der Waals surface area contributed by atoms with E-state index >= 15 is 0 Å². The summed E-state index contributed by atoms with van der Waals surface area (Å²) in [5, 5.41) is 3.57. The number of pyridine rings is 1. The first kappa shape index (κ1) is 17.3. The van der Waals surface area contributed by atoms with Crippen molar-refractivity contribution in [2.24, 2.45) is 5.92 Å². The van der Waals surface area contributed by atoms with Crippen LogP contribution in [0.2, 0.25) is 0 Å². The maximum atomic E-state index is 12.8. The average molecular weight is 304 g/mol. The number of nitrogens with zero attached hydrogens (tertiary/aromatic N) is 1. The Labute approximate surface area is 135 Å². The largest absolute Gasteiger partial charge is 0.312 e. The van der Waals surface area contributed by atoms with E-state index in [4.69, 9.17) is 0 Å². The van der Waals surface area contributed by atoms with Gasteiger partial charge in [0.25, 0.3) is 5.56 Å². The van der Waals surface area contributed by atoms with Crippen LogP contribution in [0.4, 0.5) is 0 Å². The summed E-state index contributed by atoms with van der Waals surface area (Å²) in [5.74, 6) is 1.00. The molecule has 0 saturated heterocycles. The van der Waals surface area contributed by atoms with E-state index in [1.807, 2.05) is 10.6 Å². The molecule has 0 amide bonds. The van der Waals surface area contributed by atoms with E-state index in [1.165, 1.54) is 25.7 Å². The molecule has 1 aromatic heterocycles. The Balaban J connectivity index is 2.16. The Morgan fingerprint density at radius 2 is 1.86 bits per heavy atom. The van der Waals surface area contributed by atoms with Crippen LogP contribution in [-0.2, 0) is 13.1 Å². The molecule has 1 aliphatic rings. The molecule has 1 saturated carbocycles. The lowest BCUT2D eigenvalue weighted by molar-refractivity contribution is 0.482. The Morgan fingerprint density at radius 1 is 1.18 bits per heavy atom. The minimum atomic E-state index is 0.206. The van der Waals surface area contributed by atoms with Crippen molar-refractivity contribution in [1.29, 1.82) is 0 Å². The normalized spacial score (nSPS) is 16.1. The van der Waals surface area contributed by atoms with E-state index in [0.717, 1.165) is 24.2 Å². The van der Waals surface area contributed by atoms with Crippen LogP contribution in [0.1, 0.15) is 77.0 Å². The van der Waals surface area contributed by atoms with Gasteiger partial charge in [0.05, 0.1) is 0 Å². The SMILES string of the molecule is CC(C)CCn1c(C(C)C)ccc(CNC2CCCC2)c1=O. The lowest BCUT2D eigenvalue weighted by atomic mass is 10.1. The monoisotopic (exact) mass is 304 g/mol. The zero-order valence-corrected chi connectivity index (χ0v) is 14.7. The predicted octanol–water partition coefficient (Wildman–Crippen LogP) is 4.05. The molecule has 1 fully saturated rings. The van der Waals surface area contributed by atoms with Gasteiger partial charge in [0, 0.05) is 30.4 Å². The zero-order chi connectivity index (χ0) is 16.1. The quantitative estimate of drug-likeness (QED) is 0.824. The molecule has 0 atom stereocenters. The van der Waals surface area contributed by atoms with Crippen LogP contribution in [0.15, 0.2) is 16.9 Å². The number of rotatable bonds is 7. The molecule has 1 aromatic rings. The summed E-state index contributed by atoms with van der Waals surface area (Å²) in [6.07, 6.45) is 6.21. The maximum absolute atomic E-state index is 12.8. The standard InChI is InChI=1S/C19H32N2O/c1-14(2)11-12-21-18(15(3)4)10-9-16(19(21)22)13-20-17-7-5-6-8-17/h9-10,14-15,17,20H,5-8,11-13H2,1-4H3. The number of hydrogen-bond donors (Lipinski definition) is 1. The summed E-state index contributed by atoms with van der Waals surface area (Å²) in [6.45, 7) is 10.3. The van der Waals surface area contributed by atoms with Gasteiger partial charge in [0.1, 0.15) is 0 Å². The Hall–Kier alpha value is -1.09. The second-order valence-electron chi connectivity index (χ2n) is 7.44. The topological polar surface area (TPSA) is 34.0 Å². The fourth-order valence-corrected chi connectivity index (χ4v) is 3.28. The van der Waals surface area contributed by atoms with Crippen molar-refractivity contribution in [3.63, 3.8) is 0 Å². The molecule has 22 heavy (non-hydrogen) atoms. The average Bonchev–Trinajstić information content (AvgIpc) is 2.97. The molecular weight excluding hydrogens is 272 g/mol. The van der Waals surface area contributed by atoms with Crippen LogP contribution >= 0.6 is 0 Å². The van der Waals surface area contributed by atoms with Gasteiger partial charge in [-0.15, -0.1) is 0 Å².